The minimum Gasteiger partial charge on any atom is -0.494 e. The quantitative estimate of drug-likeness (QED) is 0.433. The topological polar surface area (TPSA) is 95.1 Å². The van der Waals surface area contributed by atoms with Gasteiger partial charge in [0.15, 0.2) is 5.75 Å². The molecule has 3 aromatic rings. The Balaban J connectivity index is 2.25. The van der Waals surface area contributed by atoms with Crippen LogP contribution in [0.1, 0.15) is 5.69 Å². The number of fused-ring (bicyclic) bond motifs is 1. The highest BCUT2D eigenvalue weighted by Gasteiger charge is 2.18. The monoisotopic (exact) mass is 347 g/mol. The first-order valence-electron chi connectivity index (χ1n) is 7.05. The predicted molar refractivity (Wildman–Crippen MR) is 89.8 cm³/mol. The minimum absolute atomic E-state index is 0.0535. The summed E-state index contributed by atoms with van der Waals surface area (Å²) in [4.78, 5) is 14.6. The van der Waals surface area contributed by atoms with Crippen molar-refractivity contribution in [2.75, 3.05) is 14.2 Å². The molecule has 0 amide bonds. The number of rotatable bonds is 5. The maximum Gasteiger partial charge on any atom is 0.273 e. The predicted octanol–water partition coefficient (Wildman–Crippen LogP) is 2.71. The highest BCUT2D eigenvalue weighted by atomic mass is 35.5. The zero-order valence-corrected chi connectivity index (χ0v) is 13.7. The first-order valence-corrected chi connectivity index (χ1v) is 7.43. The lowest BCUT2D eigenvalue weighted by Gasteiger charge is -2.09. The number of nitrogens with one attached hydrogen (secondary N) is 1. The van der Waals surface area contributed by atoms with Crippen LogP contribution in [0, 0.1) is 10.1 Å². The summed E-state index contributed by atoms with van der Waals surface area (Å²) in [5.41, 5.74) is 2.06. The Labute approximate surface area is 142 Å². The molecule has 8 nitrogen and oxygen atoms in total. The van der Waals surface area contributed by atoms with Gasteiger partial charge in [0.25, 0.3) is 5.69 Å². The van der Waals surface area contributed by atoms with E-state index in [1.165, 1.54) is 19.2 Å². The van der Waals surface area contributed by atoms with Crippen LogP contribution in [0.25, 0.3) is 16.6 Å². The SMILES string of the molecule is CNCc1nn(-c2ccc([N+](=O)[O-])cc2OC)c2cc(Cl)ncc12. The lowest BCUT2D eigenvalue weighted by molar-refractivity contribution is -0.384. The average molecular weight is 348 g/mol. The Morgan fingerprint density at radius 2 is 2.21 bits per heavy atom. The van der Waals surface area contributed by atoms with E-state index in [1.54, 1.807) is 23.0 Å². The van der Waals surface area contributed by atoms with E-state index >= 15 is 0 Å². The second-order valence-corrected chi connectivity index (χ2v) is 5.41. The number of hydrogen-bond donors (Lipinski definition) is 1. The molecule has 9 heteroatoms. The molecule has 2 heterocycles. The smallest absolute Gasteiger partial charge is 0.273 e. The van der Waals surface area contributed by atoms with Gasteiger partial charge in [-0.2, -0.15) is 5.10 Å². The molecule has 0 fully saturated rings. The Morgan fingerprint density at radius 3 is 2.88 bits per heavy atom. The van der Waals surface area contributed by atoms with Gasteiger partial charge in [-0.3, -0.25) is 10.1 Å². The number of nitro groups is 1. The molecule has 0 atom stereocenters. The van der Waals surface area contributed by atoms with Gasteiger partial charge in [0.2, 0.25) is 0 Å². The largest absolute Gasteiger partial charge is 0.494 e. The number of pyridine rings is 1. The Morgan fingerprint density at radius 1 is 1.42 bits per heavy atom. The van der Waals surface area contributed by atoms with Crippen molar-refractivity contribution in [1.29, 1.82) is 0 Å². The van der Waals surface area contributed by atoms with E-state index < -0.39 is 4.92 Å². The first kappa shape index (κ1) is 16.2. The first-order chi connectivity index (χ1) is 11.5. The van der Waals surface area contributed by atoms with Crippen molar-refractivity contribution in [2.45, 2.75) is 6.54 Å². The number of nitrogens with zero attached hydrogens (tertiary/aromatic N) is 4. The van der Waals surface area contributed by atoms with E-state index in [2.05, 4.69) is 15.4 Å². The standard InChI is InChI=1S/C15H14ClN5O3/c1-17-8-11-10-7-18-15(16)6-13(10)20(19-11)12-4-3-9(21(22)23)5-14(12)24-2/h3-7,17H,8H2,1-2H3. The number of non-ortho nitro benzene ring substituents is 1. The summed E-state index contributed by atoms with van der Waals surface area (Å²) in [6.07, 6.45) is 1.66. The molecule has 24 heavy (non-hydrogen) atoms. The van der Waals surface area contributed by atoms with E-state index in [4.69, 9.17) is 16.3 Å². The Kier molecular flexibility index (Phi) is 4.32. The van der Waals surface area contributed by atoms with Crippen LogP contribution in [0.2, 0.25) is 5.15 Å². The van der Waals surface area contributed by atoms with E-state index in [0.29, 0.717) is 23.1 Å². The van der Waals surface area contributed by atoms with Gasteiger partial charge >= 0.3 is 0 Å². The number of aromatic nitrogens is 3. The molecular weight excluding hydrogens is 334 g/mol. The zero-order chi connectivity index (χ0) is 17.3. The maximum absolute atomic E-state index is 11.0. The molecule has 0 aliphatic heterocycles. The van der Waals surface area contributed by atoms with Crippen molar-refractivity contribution >= 4 is 28.2 Å². The third-order valence-corrected chi connectivity index (χ3v) is 3.76. The molecule has 0 unspecified atom stereocenters. The van der Waals surface area contributed by atoms with Crippen LogP contribution in [0.5, 0.6) is 5.75 Å². The molecule has 0 aliphatic carbocycles. The Hall–Kier alpha value is -2.71. The molecule has 0 aliphatic rings. The van der Waals surface area contributed by atoms with E-state index in [-0.39, 0.29) is 5.69 Å². The zero-order valence-electron chi connectivity index (χ0n) is 13.0. The fourth-order valence-electron chi connectivity index (χ4n) is 2.48. The molecule has 0 bridgehead atoms. The number of ether oxygens (including phenoxy) is 1. The number of halogens is 1. The van der Waals surface area contributed by atoms with Crippen molar-refractivity contribution < 1.29 is 9.66 Å². The van der Waals surface area contributed by atoms with Gasteiger partial charge < -0.3 is 10.1 Å². The summed E-state index contributed by atoms with van der Waals surface area (Å²) in [7, 11) is 3.28. The summed E-state index contributed by atoms with van der Waals surface area (Å²) >= 11 is 6.02. The fourth-order valence-corrected chi connectivity index (χ4v) is 2.63. The van der Waals surface area contributed by atoms with Crippen molar-refractivity contribution in [1.82, 2.24) is 20.1 Å². The summed E-state index contributed by atoms with van der Waals surface area (Å²) < 4.78 is 6.96. The summed E-state index contributed by atoms with van der Waals surface area (Å²) in [5.74, 6) is 0.345. The minimum atomic E-state index is -0.472. The second-order valence-electron chi connectivity index (χ2n) is 5.03. The number of nitro benzene ring substituents is 1. The van der Waals surface area contributed by atoms with E-state index in [9.17, 15) is 10.1 Å². The molecule has 1 aromatic carbocycles. The lowest BCUT2D eigenvalue weighted by atomic mass is 10.2. The molecule has 1 N–H and O–H groups in total. The van der Waals surface area contributed by atoms with Crippen LogP contribution in [-0.4, -0.2) is 33.8 Å². The molecule has 0 saturated heterocycles. The Bertz CT molecular complexity index is 925. The summed E-state index contributed by atoms with van der Waals surface area (Å²) in [6, 6.07) is 6.07. The third-order valence-electron chi connectivity index (χ3n) is 3.56. The van der Waals surface area contributed by atoms with Gasteiger partial charge in [0.05, 0.1) is 29.3 Å². The van der Waals surface area contributed by atoms with Gasteiger partial charge in [-0.25, -0.2) is 9.67 Å². The highest BCUT2D eigenvalue weighted by Crippen LogP contribution is 2.31. The lowest BCUT2D eigenvalue weighted by Crippen LogP contribution is -2.07. The third kappa shape index (κ3) is 2.77. The van der Waals surface area contributed by atoms with Gasteiger partial charge in [0.1, 0.15) is 10.8 Å². The van der Waals surface area contributed by atoms with Crippen LogP contribution >= 0.6 is 11.6 Å². The van der Waals surface area contributed by atoms with Gasteiger partial charge in [-0.05, 0) is 13.1 Å². The van der Waals surface area contributed by atoms with Crippen molar-refractivity contribution in [3.05, 3.63) is 51.4 Å². The molecule has 3 rings (SSSR count). The molecular formula is C15H14ClN5O3. The second kappa shape index (κ2) is 6.42. The van der Waals surface area contributed by atoms with Gasteiger partial charge in [0, 0.05) is 30.3 Å². The van der Waals surface area contributed by atoms with Crippen molar-refractivity contribution in [3.63, 3.8) is 0 Å². The number of methoxy groups -OCH3 is 1. The molecule has 2 aromatic heterocycles. The van der Waals surface area contributed by atoms with Crippen LogP contribution in [0.4, 0.5) is 5.69 Å². The van der Waals surface area contributed by atoms with Crippen molar-refractivity contribution in [2.24, 2.45) is 0 Å². The van der Waals surface area contributed by atoms with Crippen LogP contribution in [0.15, 0.2) is 30.5 Å². The van der Waals surface area contributed by atoms with Gasteiger partial charge in [-0.15, -0.1) is 0 Å². The average Bonchev–Trinajstić information content (AvgIpc) is 2.92. The summed E-state index contributed by atoms with van der Waals surface area (Å²) in [6.45, 7) is 0.544. The maximum atomic E-state index is 11.0. The van der Waals surface area contributed by atoms with Crippen molar-refractivity contribution in [3.8, 4) is 11.4 Å². The molecule has 0 radical (unpaired) electrons. The van der Waals surface area contributed by atoms with Crippen LogP contribution < -0.4 is 10.1 Å². The summed E-state index contributed by atoms with van der Waals surface area (Å²) in [5, 5.41) is 19.8. The van der Waals surface area contributed by atoms with Crippen LogP contribution in [-0.2, 0) is 6.54 Å². The molecule has 0 spiro atoms. The number of hydrogen-bond acceptors (Lipinski definition) is 6. The molecule has 124 valence electrons. The van der Waals surface area contributed by atoms with Gasteiger partial charge in [-0.1, -0.05) is 11.6 Å². The fraction of sp³-hybridized carbons (Fsp3) is 0.200. The van der Waals surface area contributed by atoms with E-state index in [0.717, 1.165) is 16.6 Å². The highest BCUT2D eigenvalue weighted by molar-refractivity contribution is 6.30. The van der Waals surface area contributed by atoms with Crippen LogP contribution in [0.3, 0.4) is 0 Å². The molecule has 0 saturated carbocycles. The number of benzene rings is 1. The van der Waals surface area contributed by atoms with E-state index in [1.807, 2.05) is 7.05 Å². The normalized spacial score (nSPS) is 11.0.